The van der Waals surface area contributed by atoms with Gasteiger partial charge in [-0.2, -0.15) is 0 Å². The third kappa shape index (κ3) is 4.18. The highest BCUT2D eigenvalue weighted by Gasteiger charge is 2.20. The van der Waals surface area contributed by atoms with Crippen molar-refractivity contribution in [2.75, 3.05) is 39.4 Å². The van der Waals surface area contributed by atoms with Crippen molar-refractivity contribution in [3.8, 4) is 0 Å². The quantitative estimate of drug-likeness (QED) is 0.704. The number of ether oxygens (including phenoxy) is 1. The highest BCUT2D eigenvalue weighted by Crippen LogP contribution is 2.29. The molecule has 0 saturated carbocycles. The molecule has 3 rings (SSSR count). The van der Waals surface area contributed by atoms with Crippen LogP contribution in [-0.2, 0) is 11.2 Å². The van der Waals surface area contributed by atoms with E-state index >= 15 is 0 Å². The van der Waals surface area contributed by atoms with Gasteiger partial charge < -0.3 is 20.3 Å². The van der Waals surface area contributed by atoms with Crippen molar-refractivity contribution in [2.45, 2.75) is 25.3 Å². The second kappa shape index (κ2) is 7.90. The lowest BCUT2D eigenvalue weighted by molar-refractivity contribution is -0.906. The van der Waals surface area contributed by atoms with Crippen molar-refractivity contribution >= 4 is 17.3 Å². The fourth-order valence-electron chi connectivity index (χ4n) is 3.38. The Balaban J connectivity index is 1.44. The zero-order valence-electron chi connectivity index (χ0n) is 13.1. The van der Waals surface area contributed by atoms with Crippen LogP contribution in [0.3, 0.4) is 0 Å². The zero-order valence-corrected chi connectivity index (χ0v) is 13.9. The number of nitrogens with one attached hydrogen (secondary N) is 3. The number of hydrogen-bond donors (Lipinski definition) is 3. The summed E-state index contributed by atoms with van der Waals surface area (Å²) in [7, 11) is 0. The highest BCUT2D eigenvalue weighted by atomic mass is 32.1. The van der Waals surface area contributed by atoms with E-state index in [9.17, 15) is 0 Å². The van der Waals surface area contributed by atoms with Gasteiger partial charge in [-0.15, -0.1) is 0 Å². The minimum absolute atomic E-state index is 0.362. The van der Waals surface area contributed by atoms with Crippen LogP contribution in [0, 0.1) is 0 Å². The third-order valence-corrected chi connectivity index (χ3v) is 4.90. The topological polar surface area (TPSA) is 37.7 Å². The lowest BCUT2D eigenvalue weighted by atomic mass is 9.88. The van der Waals surface area contributed by atoms with Gasteiger partial charge >= 0.3 is 0 Å². The van der Waals surface area contributed by atoms with Crippen molar-refractivity contribution in [1.82, 2.24) is 10.6 Å². The Bertz CT molecular complexity index is 502. The maximum absolute atomic E-state index is 5.47. The number of benzene rings is 1. The van der Waals surface area contributed by atoms with Crippen molar-refractivity contribution in [1.29, 1.82) is 0 Å². The van der Waals surface area contributed by atoms with Crippen LogP contribution in [0.4, 0.5) is 0 Å². The molecule has 5 heteroatoms. The average molecular weight is 320 g/mol. The summed E-state index contributed by atoms with van der Waals surface area (Å²) >= 11 is 5.47. The molecular weight excluding hydrogens is 294 g/mol. The van der Waals surface area contributed by atoms with Crippen LogP contribution in [0.25, 0.3) is 0 Å². The molecule has 22 heavy (non-hydrogen) atoms. The van der Waals surface area contributed by atoms with E-state index in [1.54, 1.807) is 4.90 Å². The van der Waals surface area contributed by atoms with E-state index in [0.29, 0.717) is 6.04 Å². The summed E-state index contributed by atoms with van der Waals surface area (Å²) in [4.78, 5) is 1.60. The lowest BCUT2D eigenvalue weighted by Gasteiger charge is -2.28. The Hall–Kier alpha value is -1.17. The molecule has 0 aromatic heterocycles. The standard InChI is InChI=1S/C17H25N3OS/c22-17(18-8-9-20-10-12-21-13-11-20)19-16-7-3-5-14-4-1-2-6-15(14)16/h1-2,4,6,16H,3,5,7-13H2,(H2,18,19,22)/p+1/t16-/m0/s1. The van der Waals surface area contributed by atoms with Gasteiger partial charge in [0.2, 0.25) is 0 Å². The van der Waals surface area contributed by atoms with Crippen molar-refractivity contribution in [3.05, 3.63) is 35.4 Å². The average Bonchev–Trinajstić information content (AvgIpc) is 2.56. The maximum atomic E-state index is 5.47. The number of aryl methyl sites for hydroxylation is 1. The van der Waals surface area contributed by atoms with E-state index in [-0.39, 0.29) is 0 Å². The largest absolute Gasteiger partial charge is 0.370 e. The fourth-order valence-corrected chi connectivity index (χ4v) is 3.62. The number of rotatable bonds is 4. The summed E-state index contributed by atoms with van der Waals surface area (Å²) in [5.74, 6) is 0. The molecule has 1 aliphatic heterocycles. The van der Waals surface area contributed by atoms with E-state index in [2.05, 4.69) is 34.9 Å². The van der Waals surface area contributed by atoms with Crippen molar-refractivity contribution in [3.63, 3.8) is 0 Å². The zero-order chi connectivity index (χ0) is 15.2. The Kier molecular flexibility index (Phi) is 5.64. The summed E-state index contributed by atoms with van der Waals surface area (Å²) in [5, 5.41) is 7.65. The molecule has 0 spiro atoms. The molecule has 3 N–H and O–H groups in total. The van der Waals surface area contributed by atoms with Gasteiger partial charge in [-0.05, 0) is 42.6 Å². The van der Waals surface area contributed by atoms with Gasteiger partial charge in [0.05, 0.1) is 32.3 Å². The van der Waals surface area contributed by atoms with Crippen LogP contribution in [-0.4, -0.2) is 44.5 Å². The van der Waals surface area contributed by atoms with Crippen molar-refractivity contribution in [2.24, 2.45) is 0 Å². The van der Waals surface area contributed by atoms with Gasteiger partial charge in [-0.25, -0.2) is 0 Å². The molecule has 4 nitrogen and oxygen atoms in total. The normalized spacial score (nSPS) is 21.9. The molecule has 0 radical (unpaired) electrons. The van der Waals surface area contributed by atoms with Gasteiger partial charge in [-0.3, -0.25) is 0 Å². The number of fused-ring (bicyclic) bond motifs is 1. The first kappa shape index (κ1) is 15.7. The Labute approximate surface area is 138 Å². The van der Waals surface area contributed by atoms with Crippen LogP contribution in [0.2, 0.25) is 0 Å². The number of hydrogen-bond acceptors (Lipinski definition) is 2. The molecular formula is C17H26N3OS+. The second-order valence-corrected chi connectivity index (χ2v) is 6.56. The van der Waals surface area contributed by atoms with E-state index in [1.165, 1.54) is 24.0 Å². The molecule has 1 aliphatic carbocycles. The minimum atomic E-state index is 0.362. The molecule has 1 heterocycles. The molecule has 120 valence electrons. The van der Waals surface area contributed by atoms with E-state index in [4.69, 9.17) is 17.0 Å². The lowest BCUT2D eigenvalue weighted by Crippen LogP contribution is -3.14. The predicted octanol–water partition coefficient (Wildman–Crippen LogP) is 0.443. The minimum Gasteiger partial charge on any atom is -0.370 e. The Morgan fingerprint density at radius 2 is 2.09 bits per heavy atom. The van der Waals surface area contributed by atoms with Crippen LogP contribution in [0.1, 0.15) is 30.0 Å². The molecule has 1 aromatic carbocycles. The molecule has 1 aromatic rings. The van der Waals surface area contributed by atoms with Gasteiger partial charge in [-0.1, -0.05) is 24.3 Å². The number of thiocarbonyl (C=S) groups is 1. The summed E-state index contributed by atoms with van der Waals surface area (Å²) in [5.41, 5.74) is 2.88. The summed E-state index contributed by atoms with van der Waals surface area (Å²) < 4.78 is 5.38. The Morgan fingerprint density at radius 1 is 1.27 bits per heavy atom. The monoisotopic (exact) mass is 320 g/mol. The summed E-state index contributed by atoms with van der Waals surface area (Å²) in [6, 6.07) is 9.08. The van der Waals surface area contributed by atoms with Gasteiger partial charge in [0.15, 0.2) is 5.11 Å². The molecule has 1 fully saturated rings. The Morgan fingerprint density at radius 3 is 2.95 bits per heavy atom. The van der Waals surface area contributed by atoms with Gasteiger partial charge in [0.1, 0.15) is 13.1 Å². The second-order valence-electron chi connectivity index (χ2n) is 6.16. The van der Waals surface area contributed by atoms with E-state index in [1.807, 2.05) is 0 Å². The molecule has 0 unspecified atom stereocenters. The van der Waals surface area contributed by atoms with E-state index < -0.39 is 0 Å². The van der Waals surface area contributed by atoms with Crippen LogP contribution >= 0.6 is 12.2 Å². The van der Waals surface area contributed by atoms with E-state index in [0.717, 1.165) is 50.9 Å². The summed E-state index contributed by atoms with van der Waals surface area (Å²) in [6.45, 7) is 6.02. The van der Waals surface area contributed by atoms with Crippen molar-refractivity contribution < 1.29 is 9.64 Å². The molecule has 1 atom stereocenters. The third-order valence-electron chi connectivity index (χ3n) is 4.64. The first-order valence-corrected chi connectivity index (χ1v) is 8.77. The first-order valence-electron chi connectivity index (χ1n) is 8.36. The SMILES string of the molecule is S=C(NCC[NH+]1CCOCC1)N[C@H]1CCCc2ccccc21. The maximum Gasteiger partial charge on any atom is 0.166 e. The number of quaternary nitrogens is 1. The summed E-state index contributed by atoms with van der Waals surface area (Å²) in [6.07, 6.45) is 3.58. The smallest absolute Gasteiger partial charge is 0.166 e. The van der Waals surface area contributed by atoms with Gasteiger partial charge in [0, 0.05) is 0 Å². The highest BCUT2D eigenvalue weighted by molar-refractivity contribution is 7.80. The molecule has 2 aliphatic rings. The van der Waals surface area contributed by atoms with Crippen LogP contribution in [0.15, 0.2) is 24.3 Å². The molecule has 1 saturated heterocycles. The first-order chi connectivity index (χ1) is 10.8. The number of morpholine rings is 1. The molecule has 0 bridgehead atoms. The van der Waals surface area contributed by atoms with Crippen LogP contribution in [0.5, 0.6) is 0 Å². The molecule has 0 amide bonds. The van der Waals surface area contributed by atoms with Crippen LogP contribution < -0.4 is 15.5 Å². The van der Waals surface area contributed by atoms with Gasteiger partial charge in [0.25, 0.3) is 0 Å². The fraction of sp³-hybridized carbons (Fsp3) is 0.588. The predicted molar refractivity (Wildman–Crippen MR) is 92.2 cm³/mol.